The molecular formula is C9H11F2N3O2. The lowest BCUT2D eigenvalue weighted by Crippen LogP contribution is -2.14. The highest BCUT2D eigenvalue weighted by Gasteiger charge is 2.24. The Morgan fingerprint density at radius 2 is 2.25 bits per heavy atom. The Morgan fingerprint density at radius 1 is 1.62 bits per heavy atom. The fourth-order valence-electron chi connectivity index (χ4n) is 1.31. The SMILES string of the molecule is COC(=O)c1cc(N)nc(CN)c1C(F)F. The zero-order chi connectivity index (χ0) is 12.3. The number of halogens is 2. The molecule has 1 aromatic rings. The summed E-state index contributed by atoms with van der Waals surface area (Å²) in [6.45, 7) is -0.227. The lowest BCUT2D eigenvalue weighted by atomic mass is 10.1. The Kier molecular flexibility index (Phi) is 3.73. The molecule has 5 nitrogen and oxygen atoms in total. The van der Waals surface area contributed by atoms with Crippen LogP contribution in [0.15, 0.2) is 6.07 Å². The summed E-state index contributed by atoms with van der Waals surface area (Å²) < 4.78 is 29.9. The van der Waals surface area contributed by atoms with Gasteiger partial charge in [-0.1, -0.05) is 0 Å². The molecule has 88 valence electrons. The molecule has 1 aromatic heterocycles. The number of hydrogen-bond donors (Lipinski definition) is 2. The van der Waals surface area contributed by atoms with Crippen LogP contribution in [0.2, 0.25) is 0 Å². The van der Waals surface area contributed by atoms with Gasteiger partial charge in [0.1, 0.15) is 5.82 Å². The van der Waals surface area contributed by atoms with Crippen LogP contribution in [0.25, 0.3) is 0 Å². The van der Waals surface area contributed by atoms with Crippen molar-refractivity contribution in [1.29, 1.82) is 0 Å². The van der Waals surface area contributed by atoms with Crippen molar-refractivity contribution >= 4 is 11.8 Å². The van der Waals surface area contributed by atoms with Gasteiger partial charge in [0.05, 0.1) is 23.9 Å². The number of ether oxygens (including phenoxy) is 1. The summed E-state index contributed by atoms with van der Waals surface area (Å²) in [5.74, 6) is -0.940. The standard InChI is InChI=1S/C9H11F2N3O2/c1-16-9(15)4-2-6(13)14-5(3-12)7(4)8(10)11/h2,8H,3,12H2,1H3,(H2,13,14). The molecular weight excluding hydrogens is 220 g/mol. The van der Waals surface area contributed by atoms with Crippen LogP contribution < -0.4 is 11.5 Å². The summed E-state index contributed by atoms with van der Waals surface area (Å²) in [5.41, 5.74) is 9.72. The second kappa shape index (κ2) is 4.84. The fraction of sp³-hybridized carbons (Fsp3) is 0.333. The molecule has 16 heavy (non-hydrogen) atoms. The molecule has 0 aromatic carbocycles. The summed E-state index contributed by atoms with van der Waals surface area (Å²) in [6.07, 6.45) is -2.86. The Morgan fingerprint density at radius 3 is 2.69 bits per heavy atom. The van der Waals surface area contributed by atoms with Crippen LogP contribution in [0, 0.1) is 0 Å². The third kappa shape index (κ3) is 2.25. The number of alkyl halides is 2. The maximum Gasteiger partial charge on any atom is 0.338 e. The average Bonchev–Trinajstić information content (AvgIpc) is 2.26. The van der Waals surface area contributed by atoms with E-state index in [0.717, 1.165) is 13.2 Å². The predicted octanol–water partition coefficient (Wildman–Crippen LogP) is 0.847. The fourth-order valence-corrected chi connectivity index (χ4v) is 1.31. The molecule has 0 aliphatic heterocycles. The topological polar surface area (TPSA) is 91.2 Å². The second-order valence-corrected chi connectivity index (χ2v) is 2.95. The monoisotopic (exact) mass is 231 g/mol. The lowest BCUT2D eigenvalue weighted by Gasteiger charge is -2.11. The minimum atomic E-state index is -2.86. The Hall–Kier alpha value is -1.76. The van der Waals surface area contributed by atoms with E-state index in [0.29, 0.717) is 0 Å². The van der Waals surface area contributed by atoms with Gasteiger partial charge in [-0.15, -0.1) is 0 Å². The predicted molar refractivity (Wildman–Crippen MR) is 52.8 cm³/mol. The summed E-state index contributed by atoms with van der Waals surface area (Å²) in [5, 5.41) is 0. The molecule has 0 fully saturated rings. The molecule has 1 heterocycles. The minimum Gasteiger partial charge on any atom is -0.465 e. The van der Waals surface area contributed by atoms with Crippen molar-refractivity contribution in [3.63, 3.8) is 0 Å². The Labute approximate surface area is 90.4 Å². The van der Waals surface area contributed by atoms with Crippen molar-refractivity contribution in [3.8, 4) is 0 Å². The number of methoxy groups -OCH3 is 1. The van der Waals surface area contributed by atoms with E-state index in [-0.39, 0.29) is 23.6 Å². The molecule has 7 heteroatoms. The van der Waals surface area contributed by atoms with E-state index in [9.17, 15) is 13.6 Å². The molecule has 0 atom stereocenters. The van der Waals surface area contributed by atoms with Gasteiger partial charge >= 0.3 is 5.97 Å². The molecule has 0 spiro atoms. The van der Waals surface area contributed by atoms with Crippen LogP contribution in [-0.4, -0.2) is 18.1 Å². The van der Waals surface area contributed by atoms with Crippen molar-refractivity contribution in [2.75, 3.05) is 12.8 Å². The number of rotatable bonds is 3. The van der Waals surface area contributed by atoms with Crippen LogP contribution in [0.3, 0.4) is 0 Å². The molecule has 4 N–H and O–H groups in total. The van der Waals surface area contributed by atoms with Crippen molar-refractivity contribution < 1.29 is 18.3 Å². The first kappa shape index (κ1) is 12.3. The van der Waals surface area contributed by atoms with Crippen LogP contribution in [0.4, 0.5) is 14.6 Å². The number of hydrogen-bond acceptors (Lipinski definition) is 5. The highest BCUT2D eigenvalue weighted by atomic mass is 19.3. The number of pyridine rings is 1. The van der Waals surface area contributed by atoms with Crippen LogP contribution in [0.1, 0.15) is 28.0 Å². The maximum atomic E-state index is 12.8. The summed E-state index contributed by atoms with van der Waals surface area (Å²) in [7, 11) is 1.09. The number of carbonyl (C=O) groups is 1. The molecule has 0 unspecified atom stereocenters. The summed E-state index contributed by atoms with van der Waals surface area (Å²) in [6, 6.07) is 1.05. The van der Waals surface area contributed by atoms with Gasteiger partial charge < -0.3 is 16.2 Å². The zero-order valence-electron chi connectivity index (χ0n) is 8.54. The van der Waals surface area contributed by atoms with Crippen molar-refractivity contribution in [2.24, 2.45) is 5.73 Å². The highest BCUT2D eigenvalue weighted by molar-refractivity contribution is 5.92. The van der Waals surface area contributed by atoms with E-state index in [1.807, 2.05) is 0 Å². The quantitative estimate of drug-likeness (QED) is 0.752. The van der Waals surface area contributed by atoms with E-state index in [1.165, 1.54) is 0 Å². The summed E-state index contributed by atoms with van der Waals surface area (Å²) in [4.78, 5) is 14.9. The highest BCUT2D eigenvalue weighted by Crippen LogP contribution is 2.27. The van der Waals surface area contributed by atoms with Gasteiger partial charge in [-0.3, -0.25) is 0 Å². The first-order valence-electron chi connectivity index (χ1n) is 4.37. The van der Waals surface area contributed by atoms with Gasteiger partial charge in [-0.05, 0) is 6.07 Å². The largest absolute Gasteiger partial charge is 0.465 e. The zero-order valence-corrected chi connectivity index (χ0v) is 8.54. The van der Waals surface area contributed by atoms with Gasteiger partial charge in [-0.25, -0.2) is 18.6 Å². The van der Waals surface area contributed by atoms with E-state index in [4.69, 9.17) is 11.5 Å². The Balaban J connectivity index is 3.44. The van der Waals surface area contributed by atoms with Gasteiger partial charge in [0.15, 0.2) is 0 Å². The van der Waals surface area contributed by atoms with Gasteiger partial charge in [0, 0.05) is 6.54 Å². The van der Waals surface area contributed by atoms with E-state index < -0.39 is 18.0 Å². The maximum absolute atomic E-state index is 12.8. The second-order valence-electron chi connectivity index (χ2n) is 2.95. The average molecular weight is 231 g/mol. The number of nitrogen functional groups attached to an aromatic ring is 1. The van der Waals surface area contributed by atoms with Crippen molar-refractivity contribution in [3.05, 3.63) is 22.9 Å². The van der Waals surface area contributed by atoms with Gasteiger partial charge in [-0.2, -0.15) is 0 Å². The number of nitrogens with two attached hydrogens (primary N) is 2. The lowest BCUT2D eigenvalue weighted by molar-refractivity contribution is 0.0588. The summed E-state index contributed by atoms with van der Waals surface area (Å²) >= 11 is 0. The van der Waals surface area contributed by atoms with Crippen LogP contribution in [-0.2, 0) is 11.3 Å². The normalized spacial score (nSPS) is 10.6. The van der Waals surface area contributed by atoms with Gasteiger partial charge in [0.25, 0.3) is 6.43 Å². The smallest absolute Gasteiger partial charge is 0.338 e. The minimum absolute atomic E-state index is 0.0507. The number of aromatic nitrogens is 1. The molecule has 0 saturated carbocycles. The third-order valence-electron chi connectivity index (χ3n) is 1.97. The van der Waals surface area contributed by atoms with E-state index in [1.54, 1.807) is 0 Å². The third-order valence-corrected chi connectivity index (χ3v) is 1.97. The molecule has 1 rings (SSSR count). The first-order chi connectivity index (χ1) is 7.51. The number of carbonyl (C=O) groups excluding carboxylic acids is 1. The molecule has 0 aliphatic rings. The molecule has 0 amide bonds. The number of anilines is 1. The molecule has 0 radical (unpaired) electrons. The molecule has 0 saturated heterocycles. The van der Waals surface area contributed by atoms with Crippen LogP contribution in [0.5, 0.6) is 0 Å². The molecule has 0 aliphatic carbocycles. The van der Waals surface area contributed by atoms with Crippen molar-refractivity contribution in [1.82, 2.24) is 4.98 Å². The number of nitrogens with zero attached hydrogens (tertiary/aromatic N) is 1. The molecule has 0 bridgehead atoms. The van der Waals surface area contributed by atoms with Crippen molar-refractivity contribution in [2.45, 2.75) is 13.0 Å². The Bertz CT molecular complexity index is 410. The van der Waals surface area contributed by atoms with E-state index >= 15 is 0 Å². The first-order valence-corrected chi connectivity index (χ1v) is 4.37. The number of esters is 1. The van der Waals surface area contributed by atoms with Crippen LogP contribution >= 0.6 is 0 Å². The van der Waals surface area contributed by atoms with E-state index in [2.05, 4.69) is 9.72 Å². The van der Waals surface area contributed by atoms with Gasteiger partial charge in [0.2, 0.25) is 0 Å².